The van der Waals surface area contributed by atoms with Gasteiger partial charge in [-0.1, -0.05) is 138 Å². The van der Waals surface area contributed by atoms with E-state index >= 15 is 0 Å². The Morgan fingerprint density at radius 3 is 2.19 bits per heavy atom. The molecule has 0 radical (unpaired) electrons. The van der Waals surface area contributed by atoms with Gasteiger partial charge in [-0.2, -0.15) is 0 Å². The van der Waals surface area contributed by atoms with Crippen LogP contribution in [0.1, 0.15) is 65.0 Å². The highest BCUT2D eigenvalue weighted by Gasteiger charge is 2.44. The van der Waals surface area contributed by atoms with E-state index in [2.05, 4.69) is 156 Å². The van der Waals surface area contributed by atoms with Gasteiger partial charge in [-0.05, 0) is 64.2 Å². The van der Waals surface area contributed by atoms with Crippen LogP contribution in [0.2, 0.25) is 0 Å². The molecule has 0 saturated carbocycles. The number of hydrogen-bond donors (Lipinski definition) is 0. The van der Waals surface area contributed by atoms with Crippen LogP contribution in [0.4, 0.5) is 0 Å². The van der Waals surface area contributed by atoms with Crippen LogP contribution in [-0.4, -0.2) is 17.8 Å². The summed E-state index contributed by atoms with van der Waals surface area (Å²) >= 11 is 0. The fourth-order valence-electron chi connectivity index (χ4n) is 7.03. The highest BCUT2D eigenvalue weighted by molar-refractivity contribution is 6.08. The van der Waals surface area contributed by atoms with Crippen LogP contribution >= 0.6 is 0 Å². The molecule has 2 aliphatic heterocycles. The summed E-state index contributed by atoms with van der Waals surface area (Å²) in [5.74, 6) is 1.98. The van der Waals surface area contributed by atoms with Gasteiger partial charge in [0, 0.05) is 30.2 Å². The van der Waals surface area contributed by atoms with Gasteiger partial charge < -0.3 is 4.90 Å². The van der Waals surface area contributed by atoms with Gasteiger partial charge in [-0.25, -0.2) is 4.99 Å². The molecule has 6 rings (SSSR count). The largest absolute Gasteiger partial charge is 0.335 e. The summed E-state index contributed by atoms with van der Waals surface area (Å²) in [4.78, 5) is 7.31. The number of hydrogen-bond acceptors (Lipinski definition) is 2. The summed E-state index contributed by atoms with van der Waals surface area (Å²) in [7, 11) is 2.11. The van der Waals surface area contributed by atoms with Crippen LogP contribution in [0.25, 0.3) is 11.1 Å². The number of fused-ring (bicyclic) bond motifs is 2. The molecule has 2 nitrogen and oxygen atoms in total. The van der Waals surface area contributed by atoms with Gasteiger partial charge in [-0.3, -0.25) is 0 Å². The zero-order valence-electron chi connectivity index (χ0n) is 26.1. The van der Waals surface area contributed by atoms with Gasteiger partial charge in [0.15, 0.2) is 0 Å². The first-order valence-electron chi connectivity index (χ1n) is 15.6. The third kappa shape index (κ3) is 5.02. The Balaban J connectivity index is 1.28. The predicted octanol–water partition coefficient (Wildman–Crippen LogP) is 10.2. The van der Waals surface area contributed by atoms with E-state index in [0.717, 1.165) is 11.5 Å². The van der Waals surface area contributed by atoms with E-state index in [1.165, 1.54) is 52.7 Å². The Morgan fingerprint density at radius 1 is 0.857 bits per heavy atom. The monoisotopic (exact) mass is 552 g/mol. The Labute approximate surface area is 253 Å². The number of aliphatic imine (C=N–C) groups is 1. The zero-order chi connectivity index (χ0) is 29.5. The van der Waals surface area contributed by atoms with Crippen molar-refractivity contribution in [1.82, 2.24) is 4.90 Å². The summed E-state index contributed by atoms with van der Waals surface area (Å²) in [5, 5.41) is 0. The van der Waals surface area contributed by atoms with Crippen LogP contribution in [0.15, 0.2) is 137 Å². The van der Waals surface area contributed by atoms with Crippen molar-refractivity contribution in [2.24, 2.45) is 27.7 Å². The van der Waals surface area contributed by atoms with E-state index in [1.807, 2.05) is 0 Å². The minimum Gasteiger partial charge on any atom is -0.335 e. The van der Waals surface area contributed by atoms with Crippen molar-refractivity contribution in [1.29, 1.82) is 0 Å². The molecule has 4 aliphatic rings. The molecule has 0 saturated heterocycles. The maximum Gasteiger partial charge on any atom is 0.136 e. The summed E-state index contributed by atoms with van der Waals surface area (Å²) in [6.07, 6.45) is 22.6. The molecule has 0 N–H and O–H groups in total. The van der Waals surface area contributed by atoms with Crippen LogP contribution in [0.5, 0.6) is 0 Å². The van der Waals surface area contributed by atoms with Crippen molar-refractivity contribution in [3.8, 4) is 0 Å². The van der Waals surface area contributed by atoms with Crippen molar-refractivity contribution in [3.63, 3.8) is 0 Å². The van der Waals surface area contributed by atoms with Crippen LogP contribution in [0.3, 0.4) is 0 Å². The minimum atomic E-state index is -0.167. The highest BCUT2D eigenvalue weighted by Crippen LogP contribution is 2.54. The second-order valence-corrected chi connectivity index (χ2v) is 13.3. The van der Waals surface area contributed by atoms with Crippen molar-refractivity contribution < 1.29 is 0 Å². The fourth-order valence-corrected chi connectivity index (χ4v) is 7.03. The molecular formula is C40H44N2. The molecular weight excluding hydrogens is 508 g/mol. The number of amidine groups is 1. The quantitative estimate of drug-likeness (QED) is 0.334. The number of nitrogens with zero attached hydrogens (tertiary/aromatic N) is 2. The molecule has 2 aromatic carbocycles. The molecule has 0 fully saturated rings. The lowest BCUT2D eigenvalue weighted by atomic mass is 9.69. The van der Waals surface area contributed by atoms with Gasteiger partial charge in [0.1, 0.15) is 5.84 Å². The van der Waals surface area contributed by atoms with Gasteiger partial charge in [-0.15, -0.1) is 0 Å². The molecule has 2 heterocycles. The van der Waals surface area contributed by atoms with E-state index in [9.17, 15) is 0 Å². The van der Waals surface area contributed by atoms with E-state index in [4.69, 9.17) is 4.99 Å². The summed E-state index contributed by atoms with van der Waals surface area (Å²) in [6.45, 7) is 11.7. The molecule has 0 amide bonds. The van der Waals surface area contributed by atoms with Crippen LogP contribution in [0, 0.1) is 22.7 Å². The molecule has 2 atom stereocenters. The Kier molecular flexibility index (Phi) is 7.43. The lowest BCUT2D eigenvalue weighted by Gasteiger charge is -2.35. The van der Waals surface area contributed by atoms with Gasteiger partial charge in [0.05, 0.1) is 5.70 Å². The topological polar surface area (TPSA) is 15.6 Å². The van der Waals surface area contributed by atoms with Crippen molar-refractivity contribution in [2.75, 3.05) is 7.05 Å². The standard InChI is InChI=1S/C40H44N2/c1-7-8-16-30-23-31(28-17-11-9-12-18-28)24-35-34(30)26-33(39(35,2)3)21-15-22-37-40(4,5)36-25-32(27-42(6)38(36)41-37)29-19-13-10-14-20-29/h9-15,17-27,34-35H,7-8,16H2,1-6H3/b21-15+,37-22+. The molecule has 42 heavy (non-hydrogen) atoms. The highest BCUT2D eigenvalue weighted by atomic mass is 15.2. The zero-order valence-corrected chi connectivity index (χ0v) is 26.1. The van der Waals surface area contributed by atoms with Crippen LogP contribution < -0.4 is 0 Å². The first kappa shape index (κ1) is 28.2. The molecule has 2 aliphatic carbocycles. The van der Waals surface area contributed by atoms with Crippen molar-refractivity contribution in [2.45, 2.75) is 53.9 Å². The summed E-state index contributed by atoms with van der Waals surface area (Å²) < 4.78 is 0. The van der Waals surface area contributed by atoms with E-state index < -0.39 is 0 Å². The van der Waals surface area contributed by atoms with Gasteiger partial charge in [0.2, 0.25) is 0 Å². The lowest BCUT2D eigenvalue weighted by molar-refractivity contribution is 0.312. The molecule has 0 spiro atoms. The number of rotatable bonds is 7. The van der Waals surface area contributed by atoms with E-state index in [-0.39, 0.29) is 10.8 Å². The second kappa shape index (κ2) is 11.1. The van der Waals surface area contributed by atoms with Gasteiger partial charge >= 0.3 is 0 Å². The number of likely N-dealkylation sites (N-methyl/N-ethyl adjacent to an activating group) is 1. The fraction of sp³-hybridized carbons (Fsp3) is 0.325. The normalized spacial score (nSPS) is 24.9. The first-order valence-corrected chi connectivity index (χ1v) is 15.6. The second-order valence-electron chi connectivity index (χ2n) is 13.3. The Bertz CT molecular complexity index is 1600. The molecule has 2 unspecified atom stereocenters. The number of allylic oxidation sites excluding steroid dienone is 12. The van der Waals surface area contributed by atoms with E-state index in [0.29, 0.717) is 11.8 Å². The average molecular weight is 553 g/mol. The average Bonchev–Trinajstić information content (AvgIpc) is 3.41. The summed E-state index contributed by atoms with van der Waals surface area (Å²) in [6, 6.07) is 21.5. The maximum atomic E-state index is 5.14. The molecule has 2 aromatic rings. The predicted molar refractivity (Wildman–Crippen MR) is 180 cm³/mol. The van der Waals surface area contributed by atoms with E-state index in [1.54, 1.807) is 5.57 Å². The Morgan fingerprint density at radius 2 is 1.52 bits per heavy atom. The molecule has 214 valence electrons. The molecule has 2 heteroatoms. The minimum absolute atomic E-state index is 0.0494. The third-order valence-corrected chi connectivity index (χ3v) is 9.76. The van der Waals surface area contributed by atoms with Crippen LogP contribution in [-0.2, 0) is 0 Å². The molecule has 0 aromatic heterocycles. The SMILES string of the molecule is CCCCC1=CC(c2ccccc2)=CC2C1C=C(/C=C/C=C1/N=C3C(=CC(c4ccccc4)=CN3C)C1(C)C)C2(C)C. The third-order valence-electron chi connectivity index (χ3n) is 9.76. The van der Waals surface area contributed by atoms with Gasteiger partial charge in [0.25, 0.3) is 0 Å². The number of benzene rings is 2. The summed E-state index contributed by atoms with van der Waals surface area (Å²) in [5.41, 5.74) is 10.4. The lowest BCUT2D eigenvalue weighted by Crippen LogP contribution is -2.28. The van der Waals surface area contributed by atoms with Crippen molar-refractivity contribution in [3.05, 3.63) is 143 Å². The number of unbranched alkanes of at least 4 members (excludes halogenated alkanes) is 1. The molecule has 0 bridgehead atoms. The Hall–Kier alpha value is -3.91. The van der Waals surface area contributed by atoms with Crippen molar-refractivity contribution >= 4 is 17.0 Å². The first-order chi connectivity index (χ1) is 20.2. The smallest absolute Gasteiger partial charge is 0.136 e. The maximum absolute atomic E-state index is 5.14.